The molecule has 4 nitrogen and oxygen atoms in total. The highest BCUT2D eigenvalue weighted by atomic mass is 16.4. The molecule has 2 N–H and O–H groups in total. The van der Waals surface area contributed by atoms with Crippen LogP contribution < -0.4 is 0 Å². The molecule has 2 aromatic rings. The standard InChI is InChI=1S/C24H27NO3/c1-23(2)12-13-24(3,4)20-15-17(9-10-19(20)23)21(25-28)11-8-16-6-5-7-18(14-16)22(26)27/h5-11,14-15,28H,12-13H2,1-4H3,(H,26,27)/b11-8+,25-21+. The van der Waals surface area contributed by atoms with Gasteiger partial charge in [-0.1, -0.05) is 63.2 Å². The van der Waals surface area contributed by atoms with Gasteiger partial charge in [0, 0.05) is 5.56 Å². The van der Waals surface area contributed by atoms with Crippen molar-refractivity contribution in [3.63, 3.8) is 0 Å². The van der Waals surface area contributed by atoms with Gasteiger partial charge in [0.05, 0.1) is 5.56 Å². The minimum absolute atomic E-state index is 0.0704. The molecule has 0 saturated heterocycles. The SMILES string of the molecule is CC1(C)CCC(C)(C)c2cc(C(/C=C/c3cccc(C(=O)O)c3)=N/O)ccc21. The molecule has 0 atom stereocenters. The molecular formula is C24H27NO3. The summed E-state index contributed by atoms with van der Waals surface area (Å²) in [6.07, 6.45) is 5.73. The number of aromatic carboxylic acids is 1. The zero-order valence-electron chi connectivity index (χ0n) is 16.9. The number of carboxylic acid groups (broad SMARTS) is 1. The van der Waals surface area contributed by atoms with E-state index in [-0.39, 0.29) is 16.4 Å². The number of oxime groups is 1. The third-order valence-electron chi connectivity index (χ3n) is 5.82. The molecule has 3 rings (SSSR count). The molecule has 0 amide bonds. The van der Waals surface area contributed by atoms with E-state index < -0.39 is 5.97 Å². The monoisotopic (exact) mass is 377 g/mol. The topological polar surface area (TPSA) is 69.9 Å². The van der Waals surface area contributed by atoms with Gasteiger partial charge in [-0.2, -0.15) is 0 Å². The van der Waals surface area contributed by atoms with E-state index in [0.29, 0.717) is 5.71 Å². The van der Waals surface area contributed by atoms with Gasteiger partial charge < -0.3 is 10.3 Å². The molecule has 0 aromatic heterocycles. The second kappa shape index (κ2) is 7.27. The lowest BCUT2D eigenvalue weighted by Crippen LogP contribution is -2.34. The normalized spacial score (nSPS) is 18.1. The first-order valence-corrected chi connectivity index (χ1v) is 9.53. The third-order valence-corrected chi connectivity index (χ3v) is 5.82. The number of hydrogen-bond donors (Lipinski definition) is 2. The molecular weight excluding hydrogens is 350 g/mol. The first-order valence-electron chi connectivity index (χ1n) is 9.53. The number of carbonyl (C=O) groups is 1. The molecule has 1 aliphatic rings. The van der Waals surface area contributed by atoms with Crippen LogP contribution in [0.4, 0.5) is 0 Å². The van der Waals surface area contributed by atoms with Crippen LogP contribution in [0.1, 0.15) is 73.1 Å². The van der Waals surface area contributed by atoms with Gasteiger partial charge in [0.25, 0.3) is 0 Å². The minimum atomic E-state index is -0.967. The number of hydrogen-bond acceptors (Lipinski definition) is 3. The Balaban J connectivity index is 1.96. The summed E-state index contributed by atoms with van der Waals surface area (Å²) in [4.78, 5) is 11.1. The van der Waals surface area contributed by atoms with Gasteiger partial charge in [0.2, 0.25) is 0 Å². The van der Waals surface area contributed by atoms with E-state index in [0.717, 1.165) is 24.0 Å². The molecule has 0 radical (unpaired) electrons. The molecule has 0 saturated carbocycles. The maximum atomic E-state index is 11.1. The number of fused-ring (bicyclic) bond motifs is 1. The highest BCUT2D eigenvalue weighted by Gasteiger charge is 2.37. The van der Waals surface area contributed by atoms with Gasteiger partial charge in [-0.3, -0.25) is 0 Å². The molecule has 0 fully saturated rings. The van der Waals surface area contributed by atoms with Crippen LogP contribution in [-0.4, -0.2) is 22.0 Å². The maximum absolute atomic E-state index is 11.1. The van der Waals surface area contributed by atoms with Gasteiger partial charge in [-0.05, 0) is 64.6 Å². The van der Waals surface area contributed by atoms with Crippen LogP contribution >= 0.6 is 0 Å². The summed E-state index contributed by atoms with van der Waals surface area (Å²) in [5.74, 6) is -0.967. The molecule has 2 aromatic carbocycles. The van der Waals surface area contributed by atoms with E-state index in [1.807, 2.05) is 12.1 Å². The molecule has 0 bridgehead atoms. The van der Waals surface area contributed by atoms with Gasteiger partial charge in [0.15, 0.2) is 0 Å². The average Bonchev–Trinajstić information content (AvgIpc) is 2.66. The van der Waals surface area contributed by atoms with E-state index in [9.17, 15) is 10.0 Å². The summed E-state index contributed by atoms with van der Waals surface area (Å²) in [5.41, 5.74) is 5.10. The highest BCUT2D eigenvalue weighted by molar-refractivity contribution is 6.10. The average molecular weight is 377 g/mol. The highest BCUT2D eigenvalue weighted by Crippen LogP contribution is 2.45. The summed E-state index contributed by atoms with van der Waals surface area (Å²) in [5, 5.41) is 22.2. The number of rotatable bonds is 4. The Morgan fingerprint density at radius 2 is 1.64 bits per heavy atom. The van der Waals surface area contributed by atoms with Gasteiger partial charge >= 0.3 is 5.97 Å². The van der Waals surface area contributed by atoms with Crippen molar-refractivity contribution in [2.24, 2.45) is 5.16 Å². The quantitative estimate of drug-likeness (QED) is 0.412. The Morgan fingerprint density at radius 1 is 0.964 bits per heavy atom. The van der Waals surface area contributed by atoms with Crippen LogP contribution in [0.25, 0.3) is 6.08 Å². The summed E-state index contributed by atoms with van der Waals surface area (Å²) in [6, 6.07) is 12.9. The van der Waals surface area contributed by atoms with Crippen molar-refractivity contribution < 1.29 is 15.1 Å². The first-order chi connectivity index (χ1) is 13.1. The summed E-state index contributed by atoms with van der Waals surface area (Å²) in [6.45, 7) is 9.07. The second-order valence-corrected chi connectivity index (χ2v) is 8.78. The number of benzene rings is 2. The molecule has 28 heavy (non-hydrogen) atoms. The van der Waals surface area contributed by atoms with Crippen molar-refractivity contribution in [2.75, 3.05) is 0 Å². The molecule has 4 heteroatoms. The van der Waals surface area contributed by atoms with Crippen molar-refractivity contribution in [1.29, 1.82) is 0 Å². The predicted octanol–water partition coefficient (Wildman–Crippen LogP) is 5.63. The van der Waals surface area contributed by atoms with Crippen LogP contribution in [-0.2, 0) is 10.8 Å². The minimum Gasteiger partial charge on any atom is -0.478 e. The fourth-order valence-corrected chi connectivity index (χ4v) is 3.89. The van der Waals surface area contributed by atoms with E-state index in [1.54, 1.807) is 30.4 Å². The molecule has 0 aliphatic heterocycles. The Kier molecular flexibility index (Phi) is 5.16. The summed E-state index contributed by atoms with van der Waals surface area (Å²) in [7, 11) is 0. The maximum Gasteiger partial charge on any atom is 0.335 e. The van der Waals surface area contributed by atoms with Crippen molar-refractivity contribution in [1.82, 2.24) is 0 Å². The number of allylic oxidation sites excluding steroid dienone is 1. The van der Waals surface area contributed by atoms with E-state index in [4.69, 9.17) is 5.11 Å². The van der Waals surface area contributed by atoms with E-state index >= 15 is 0 Å². The predicted molar refractivity (Wildman–Crippen MR) is 112 cm³/mol. The van der Waals surface area contributed by atoms with E-state index in [2.05, 4.69) is 45.0 Å². The number of carboxylic acids is 1. The molecule has 146 valence electrons. The Hall–Kier alpha value is -2.88. The fraction of sp³-hybridized carbons (Fsp3) is 0.333. The molecule has 1 aliphatic carbocycles. The second-order valence-electron chi connectivity index (χ2n) is 8.78. The largest absolute Gasteiger partial charge is 0.478 e. The number of nitrogens with zero attached hydrogens (tertiary/aromatic N) is 1. The third kappa shape index (κ3) is 3.86. The smallest absolute Gasteiger partial charge is 0.335 e. The lowest BCUT2D eigenvalue weighted by atomic mass is 9.63. The van der Waals surface area contributed by atoms with Gasteiger partial charge in [0.1, 0.15) is 5.71 Å². The van der Waals surface area contributed by atoms with Crippen molar-refractivity contribution >= 4 is 17.8 Å². The van der Waals surface area contributed by atoms with Crippen molar-refractivity contribution in [3.05, 3.63) is 76.4 Å². The fourth-order valence-electron chi connectivity index (χ4n) is 3.89. The zero-order valence-corrected chi connectivity index (χ0v) is 16.9. The van der Waals surface area contributed by atoms with Crippen LogP contribution in [0.3, 0.4) is 0 Å². The van der Waals surface area contributed by atoms with Crippen LogP contribution in [0.2, 0.25) is 0 Å². The Labute approximate surface area is 166 Å². The summed E-state index contributed by atoms with van der Waals surface area (Å²) >= 11 is 0. The van der Waals surface area contributed by atoms with Crippen molar-refractivity contribution in [3.8, 4) is 0 Å². The first kappa shape index (κ1) is 19.9. The Morgan fingerprint density at radius 3 is 2.29 bits per heavy atom. The molecule has 0 spiro atoms. The van der Waals surface area contributed by atoms with Crippen molar-refractivity contribution in [2.45, 2.75) is 51.4 Å². The Bertz CT molecular complexity index is 968. The lowest BCUT2D eigenvalue weighted by Gasteiger charge is -2.42. The molecule has 0 heterocycles. The van der Waals surface area contributed by atoms with E-state index in [1.165, 1.54) is 11.1 Å². The van der Waals surface area contributed by atoms with Crippen LogP contribution in [0.5, 0.6) is 0 Å². The van der Waals surface area contributed by atoms with Crippen LogP contribution in [0, 0.1) is 0 Å². The molecule has 0 unspecified atom stereocenters. The summed E-state index contributed by atoms with van der Waals surface area (Å²) < 4.78 is 0. The zero-order chi connectivity index (χ0) is 20.5. The van der Waals surface area contributed by atoms with Gasteiger partial charge in [-0.25, -0.2) is 4.79 Å². The van der Waals surface area contributed by atoms with Gasteiger partial charge in [-0.15, -0.1) is 0 Å². The van der Waals surface area contributed by atoms with Crippen LogP contribution in [0.15, 0.2) is 53.7 Å². The lowest BCUT2D eigenvalue weighted by molar-refractivity contribution is 0.0697.